The van der Waals surface area contributed by atoms with E-state index in [2.05, 4.69) is 10.2 Å². The van der Waals surface area contributed by atoms with Crippen molar-refractivity contribution in [1.29, 1.82) is 0 Å². The molecule has 5 heteroatoms. The molecule has 0 bridgehead atoms. The molecule has 2 heterocycles. The van der Waals surface area contributed by atoms with Crippen LogP contribution in [0.25, 0.3) is 0 Å². The molecule has 1 aliphatic rings. The van der Waals surface area contributed by atoms with Gasteiger partial charge >= 0.3 is 0 Å². The Hall–Kier alpha value is -0.840. The van der Waals surface area contributed by atoms with Gasteiger partial charge in [-0.2, -0.15) is 5.10 Å². The zero-order valence-corrected chi connectivity index (χ0v) is 9.19. The molecule has 0 amide bonds. The van der Waals surface area contributed by atoms with Gasteiger partial charge in [0.1, 0.15) is 0 Å². The van der Waals surface area contributed by atoms with Crippen LogP contribution in [0.5, 0.6) is 0 Å². The summed E-state index contributed by atoms with van der Waals surface area (Å²) < 4.78 is 22.9. The van der Waals surface area contributed by atoms with Crippen LogP contribution >= 0.6 is 0 Å². The molecular formula is C9H14N2O2S. The molecule has 2 rings (SSSR count). The first-order valence-corrected chi connectivity index (χ1v) is 6.58. The van der Waals surface area contributed by atoms with Crippen LogP contribution < -0.4 is 0 Å². The standard InChI is InChI=1S/C9H14N2O2S/c1-6(2)9-7-5-14(12,13)4-3-8(7)10-11-9/h6H,3-5H2,1-2H3,(H,10,11). The largest absolute Gasteiger partial charge is 0.282 e. The van der Waals surface area contributed by atoms with Crippen molar-refractivity contribution in [2.24, 2.45) is 0 Å². The van der Waals surface area contributed by atoms with Crippen LogP contribution in [0.1, 0.15) is 36.7 Å². The number of hydrogen-bond donors (Lipinski definition) is 1. The Balaban J connectivity index is 2.48. The molecule has 0 atom stereocenters. The lowest BCUT2D eigenvalue weighted by Crippen LogP contribution is -2.19. The SMILES string of the molecule is CC(C)c1n[nH]c2c1CS(=O)(=O)CC2. The van der Waals surface area contributed by atoms with E-state index in [9.17, 15) is 8.42 Å². The molecule has 0 fully saturated rings. The minimum absolute atomic E-state index is 0.159. The minimum Gasteiger partial charge on any atom is -0.282 e. The van der Waals surface area contributed by atoms with E-state index in [1.165, 1.54) is 0 Å². The third kappa shape index (κ3) is 1.56. The van der Waals surface area contributed by atoms with Gasteiger partial charge in [-0.05, 0) is 5.92 Å². The van der Waals surface area contributed by atoms with Gasteiger partial charge in [-0.15, -0.1) is 0 Å². The lowest BCUT2D eigenvalue weighted by atomic mass is 10.0. The summed E-state index contributed by atoms with van der Waals surface area (Å²) in [7, 11) is -2.88. The van der Waals surface area contributed by atoms with Gasteiger partial charge in [0.2, 0.25) is 0 Å². The first-order chi connectivity index (χ1) is 6.49. The summed E-state index contributed by atoms with van der Waals surface area (Å²) in [5.74, 6) is 0.690. The number of H-pyrrole nitrogens is 1. The lowest BCUT2D eigenvalue weighted by Gasteiger charge is -2.13. The topological polar surface area (TPSA) is 62.8 Å². The Labute approximate surface area is 83.6 Å². The number of aryl methyl sites for hydroxylation is 1. The molecule has 1 N–H and O–H groups in total. The summed E-state index contributed by atoms with van der Waals surface area (Å²) in [6.07, 6.45) is 0.581. The van der Waals surface area contributed by atoms with Crippen LogP contribution in [-0.4, -0.2) is 24.4 Å². The quantitative estimate of drug-likeness (QED) is 0.758. The van der Waals surface area contributed by atoms with Crippen molar-refractivity contribution in [3.63, 3.8) is 0 Å². The highest BCUT2D eigenvalue weighted by molar-refractivity contribution is 7.90. The van der Waals surface area contributed by atoms with Crippen molar-refractivity contribution < 1.29 is 8.42 Å². The maximum absolute atomic E-state index is 11.4. The van der Waals surface area contributed by atoms with Gasteiger partial charge in [0.15, 0.2) is 9.84 Å². The van der Waals surface area contributed by atoms with Crippen LogP contribution in [0.15, 0.2) is 0 Å². The number of nitrogens with zero attached hydrogens (tertiary/aromatic N) is 1. The van der Waals surface area contributed by atoms with Crippen molar-refractivity contribution in [1.82, 2.24) is 10.2 Å². The Morgan fingerprint density at radius 1 is 1.43 bits per heavy atom. The second kappa shape index (κ2) is 3.08. The first kappa shape index (κ1) is 9.71. The van der Waals surface area contributed by atoms with Gasteiger partial charge in [0.25, 0.3) is 0 Å². The predicted molar refractivity (Wildman–Crippen MR) is 53.9 cm³/mol. The Bertz CT molecular complexity index is 445. The molecule has 1 aromatic heterocycles. The average Bonchev–Trinajstić information content (AvgIpc) is 2.44. The van der Waals surface area contributed by atoms with Gasteiger partial charge in [0.05, 0.1) is 17.2 Å². The summed E-state index contributed by atoms with van der Waals surface area (Å²) >= 11 is 0. The molecule has 1 aliphatic heterocycles. The molecule has 0 radical (unpaired) electrons. The zero-order valence-electron chi connectivity index (χ0n) is 8.37. The van der Waals surface area contributed by atoms with Crippen molar-refractivity contribution >= 4 is 9.84 Å². The fourth-order valence-electron chi connectivity index (χ4n) is 1.81. The predicted octanol–water partition coefficient (Wildman–Crippen LogP) is 1.00. The molecule has 0 spiro atoms. The second-order valence-corrected chi connectivity index (χ2v) is 6.25. The van der Waals surface area contributed by atoms with Gasteiger partial charge < -0.3 is 0 Å². The summed E-state index contributed by atoms with van der Waals surface area (Å²) in [6.45, 7) is 4.05. The van der Waals surface area contributed by atoms with Crippen LogP contribution in [0.2, 0.25) is 0 Å². The summed E-state index contributed by atoms with van der Waals surface area (Å²) in [6, 6.07) is 0. The van der Waals surface area contributed by atoms with E-state index >= 15 is 0 Å². The number of rotatable bonds is 1. The second-order valence-electron chi connectivity index (χ2n) is 4.06. The molecule has 0 unspecified atom stereocenters. The third-order valence-electron chi connectivity index (χ3n) is 2.56. The minimum atomic E-state index is -2.88. The summed E-state index contributed by atoms with van der Waals surface area (Å²) in [5.41, 5.74) is 2.82. The van der Waals surface area contributed by atoms with Gasteiger partial charge in [-0.1, -0.05) is 13.8 Å². The molecule has 0 saturated heterocycles. The Kier molecular flexibility index (Phi) is 2.14. The maximum atomic E-state index is 11.4. The molecule has 1 aromatic rings. The number of aromatic amines is 1. The highest BCUT2D eigenvalue weighted by atomic mass is 32.2. The monoisotopic (exact) mass is 214 g/mol. The summed E-state index contributed by atoms with van der Waals surface area (Å²) in [4.78, 5) is 0. The molecule has 0 saturated carbocycles. The van der Waals surface area contributed by atoms with Gasteiger partial charge in [0, 0.05) is 17.7 Å². The van der Waals surface area contributed by atoms with Crippen molar-refractivity contribution in [2.75, 3.05) is 5.75 Å². The van der Waals surface area contributed by atoms with Gasteiger partial charge in [-0.3, -0.25) is 5.10 Å². The van der Waals surface area contributed by atoms with Gasteiger partial charge in [-0.25, -0.2) is 8.42 Å². The Morgan fingerprint density at radius 3 is 2.79 bits per heavy atom. The van der Waals surface area contributed by atoms with E-state index < -0.39 is 9.84 Å². The molecule has 0 aliphatic carbocycles. The maximum Gasteiger partial charge on any atom is 0.154 e. The molecule has 0 aromatic carbocycles. The summed E-state index contributed by atoms with van der Waals surface area (Å²) in [5, 5.41) is 7.10. The number of fused-ring (bicyclic) bond motifs is 1. The van der Waals surface area contributed by atoms with Crippen molar-refractivity contribution in [2.45, 2.75) is 31.9 Å². The van der Waals surface area contributed by atoms with Crippen LogP contribution in [0, 0.1) is 0 Å². The van der Waals surface area contributed by atoms with Crippen LogP contribution in [0.3, 0.4) is 0 Å². The Morgan fingerprint density at radius 2 is 2.14 bits per heavy atom. The fourth-order valence-corrected chi connectivity index (χ4v) is 3.23. The van der Waals surface area contributed by atoms with Crippen molar-refractivity contribution in [3.05, 3.63) is 17.0 Å². The highest BCUT2D eigenvalue weighted by Crippen LogP contribution is 2.26. The zero-order chi connectivity index (χ0) is 10.3. The van der Waals surface area contributed by atoms with E-state index in [4.69, 9.17) is 0 Å². The molecule has 14 heavy (non-hydrogen) atoms. The van der Waals surface area contributed by atoms with E-state index in [1.54, 1.807) is 0 Å². The van der Waals surface area contributed by atoms with E-state index in [1.807, 2.05) is 13.8 Å². The molecule has 78 valence electrons. The normalized spacial score (nSPS) is 19.6. The van der Waals surface area contributed by atoms with Crippen molar-refractivity contribution in [3.8, 4) is 0 Å². The number of aromatic nitrogens is 2. The number of sulfone groups is 1. The smallest absolute Gasteiger partial charge is 0.154 e. The van der Waals surface area contributed by atoms with E-state index in [0.29, 0.717) is 6.42 Å². The average molecular weight is 214 g/mol. The van der Waals surface area contributed by atoms with Crippen LogP contribution in [0.4, 0.5) is 0 Å². The van der Waals surface area contributed by atoms with Crippen LogP contribution in [-0.2, 0) is 22.0 Å². The number of hydrogen-bond acceptors (Lipinski definition) is 3. The third-order valence-corrected chi connectivity index (χ3v) is 4.11. The van der Waals surface area contributed by atoms with E-state index in [0.717, 1.165) is 17.0 Å². The number of nitrogens with one attached hydrogen (secondary N) is 1. The van der Waals surface area contributed by atoms with E-state index in [-0.39, 0.29) is 17.4 Å². The molecular weight excluding hydrogens is 200 g/mol. The fraction of sp³-hybridized carbons (Fsp3) is 0.667. The lowest BCUT2D eigenvalue weighted by molar-refractivity contribution is 0.591. The first-order valence-electron chi connectivity index (χ1n) is 4.76. The highest BCUT2D eigenvalue weighted by Gasteiger charge is 2.26. The molecule has 4 nitrogen and oxygen atoms in total.